The highest BCUT2D eigenvalue weighted by molar-refractivity contribution is 7.16. The molecule has 1 heterocycles. The van der Waals surface area contributed by atoms with Crippen molar-refractivity contribution in [3.63, 3.8) is 0 Å². The summed E-state index contributed by atoms with van der Waals surface area (Å²) >= 11 is 7.59. The van der Waals surface area contributed by atoms with E-state index in [1.807, 2.05) is 19.1 Å². The molecule has 0 spiro atoms. The number of aryl methyl sites for hydroxylation is 1. The molecular formula is C15H17ClFNS. The first kappa shape index (κ1) is 14.5. The molecule has 0 aliphatic heterocycles. The van der Waals surface area contributed by atoms with Crippen LogP contribution in [-0.2, 0) is 6.42 Å². The molecule has 19 heavy (non-hydrogen) atoms. The Morgan fingerprint density at radius 2 is 2.11 bits per heavy atom. The first-order valence-electron chi connectivity index (χ1n) is 6.33. The van der Waals surface area contributed by atoms with Crippen molar-refractivity contribution in [2.24, 2.45) is 0 Å². The lowest BCUT2D eigenvalue weighted by atomic mass is 10.00. The maximum atomic E-state index is 13.1. The average Bonchev–Trinajstić information content (AvgIpc) is 2.78. The number of hydrogen-bond acceptors (Lipinski definition) is 2. The van der Waals surface area contributed by atoms with Gasteiger partial charge in [0.1, 0.15) is 5.82 Å². The standard InChI is InChI=1S/C15H17ClFNS/c1-3-18-13(14-6-7-15(16)19-14)9-11-4-5-12(17)8-10(11)2/h4-8,13,18H,3,9H2,1-2H3. The minimum absolute atomic E-state index is 0.180. The zero-order valence-corrected chi connectivity index (χ0v) is 12.6. The topological polar surface area (TPSA) is 12.0 Å². The largest absolute Gasteiger partial charge is 0.309 e. The molecule has 1 atom stereocenters. The Labute approximate surface area is 122 Å². The summed E-state index contributed by atoms with van der Waals surface area (Å²) in [7, 11) is 0. The number of nitrogens with one attached hydrogen (secondary N) is 1. The highest BCUT2D eigenvalue weighted by Crippen LogP contribution is 2.29. The van der Waals surface area contributed by atoms with E-state index in [9.17, 15) is 4.39 Å². The highest BCUT2D eigenvalue weighted by Gasteiger charge is 2.14. The SMILES string of the molecule is CCNC(Cc1ccc(F)cc1C)c1ccc(Cl)s1. The zero-order chi connectivity index (χ0) is 13.8. The van der Waals surface area contributed by atoms with Gasteiger partial charge in [-0.1, -0.05) is 24.6 Å². The van der Waals surface area contributed by atoms with Crippen LogP contribution in [0.15, 0.2) is 30.3 Å². The number of benzene rings is 1. The van der Waals surface area contributed by atoms with Gasteiger partial charge in [-0.2, -0.15) is 0 Å². The molecule has 0 fully saturated rings. The summed E-state index contributed by atoms with van der Waals surface area (Å²) in [6.45, 7) is 4.92. The van der Waals surface area contributed by atoms with Crippen LogP contribution in [0, 0.1) is 12.7 Å². The van der Waals surface area contributed by atoms with Crippen LogP contribution < -0.4 is 5.32 Å². The van der Waals surface area contributed by atoms with E-state index in [0.29, 0.717) is 0 Å². The minimum atomic E-state index is -0.180. The van der Waals surface area contributed by atoms with Gasteiger partial charge in [-0.15, -0.1) is 11.3 Å². The van der Waals surface area contributed by atoms with Crippen LogP contribution in [0.25, 0.3) is 0 Å². The summed E-state index contributed by atoms with van der Waals surface area (Å²) < 4.78 is 13.9. The van der Waals surface area contributed by atoms with Crippen molar-refractivity contribution in [1.82, 2.24) is 5.32 Å². The summed E-state index contributed by atoms with van der Waals surface area (Å²) in [5.41, 5.74) is 2.16. The lowest BCUT2D eigenvalue weighted by Gasteiger charge is -2.17. The molecule has 0 saturated heterocycles. The van der Waals surface area contributed by atoms with E-state index >= 15 is 0 Å². The summed E-state index contributed by atoms with van der Waals surface area (Å²) in [5, 5.41) is 3.46. The molecular weight excluding hydrogens is 281 g/mol. The van der Waals surface area contributed by atoms with Gasteiger partial charge in [-0.05, 0) is 55.3 Å². The third kappa shape index (κ3) is 3.78. The molecule has 2 aromatic rings. The molecule has 1 aromatic heterocycles. The molecule has 4 heteroatoms. The Bertz CT molecular complexity index is 553. The maximum Gasteiger partial charge on any atom is 0.123 e. The molecule has 0 aliphatic carbocycles. The minimum Gasteiger partial charge on any atom is -0.309 e. The van der Waals surface area contributed by atoms with Crippen LogP contribution >= 0.6 is 22.9 Å². The molecule has 2 rings (SSSR count). The molecule has 1 N–H and O–H groups in total. The van der Waals surface area contributed by atoms with Gasteiger partial charge in [0, 0.05) is 10.9 Å². The molecule has 0 aliphatic rings. The molecule has 0 bridgehead atoms. The van der Waals surface area contributed by atoms with Crippen molar-refractivity contribution in [2.75, 3.05) is 6.54 Å². The number of hydrogen-bond donors (Lipinski definition) is 1. The van der Waals surface area contributed by atoms with E-state index in [-0.39, 0.29) is 11.9 Å². The molecule has 0 saturated carbocycles. The van der Waals surface area contributed by atoms with E-state index in [1.54, 1.807) is 17.4 Å². The van der Waals surface area contributed by atoms with Gasteiger partial charge in [0.2, 0.25) is 0 Å². The third-order valence-electron chi connectivity index (χ3n) is 3.12. The maximum absolute atomic E-state index is 13.1. The van der Waals surface area contributed by atoms with Crippen LogP contribution in [0.1, 0.15) is 29.0 Å². The fourth-order valence-electron chi connectivity index (χ4n) is 2.14. The van der Waals surface area contributed by atoms with Crippen molar-refractivity contribution >= 4 is 22.9 Å². The second-order valence-corrected chi connectivity index (χ2v) is 6.27. The van der Waals surface area contributed by atoms with Gasteiger partial charge in [-0.3, -0.25) is 0 Å². The lowest BCUT2D eigenvalue weighted by Crippen LogP contribution is -2.22. The summed E-state index contributed by atoms with van der Waals surface area (Å²) in [6.07, 6.45) is 0.844. The number of likely N-dealkylation sites (N-methyl/N-ethyl adjacent to an activating group) is 1. The highest BCUT2D eigenvalue weighted by atomic mass is 35.5. The Balaban J connectivity index is 2.21. The number of thiophene rings is 1. The molecule has 0 radical (unpaired) electrons. The van der Waals surface area contributed by atoms with Crippen molar-refractivity contribution < 1.29 is 4.39 Å². The van der Waals surface area contributed by atoms with Crippen LogP contribution in [0.2, 0.25) is 4.34 Å². The Hall–Kier alpha value is -0.900. The van der Waals surface area contributed by atoms with E-state index in [1.165, 1.54) is 10.9 Å². The van der Waals surface area contributed by atoms with Gasteiger partial charge in [0.15, 0.2) is 0 Å². The van der Waals surface area contributed by atoms with Crippen LogP contribution in [0.3, 0.4) is 0 Å². The first-order valence-corrected chi connectivity index (χ1v) is 7.53. The quantitative estimate of drug-likeness (QED) is 0.840. The molecule has 1 nitrogen and oxygen atoms in total. The zero-order valence-electron chi connectivity index (χ0n) is 11.0. The van der Waals surface area contributed by atoms with Crippen LogP contribution in [0.4, 0.5) is 4.39 Å². The molecule has 102 valence electrons. The van der Waals surface area contributed by atoms with Gasteiger partial charge < -0.3 is 5.32 Å². The second-order valence-electron chi connectivity index (χ2n) is 4.53. The van der Waals surface area contributed by atoms with Crippen molar-refractivity contribution in [3.8, 4) is 0 Å². The van der Waals surface area contributed by atoms with Gasteiger partial charge in [0.25, 0.3) is 0 Å². The van der Waals surface area contributed by atoms with E-state index in [4.69, 9.17) is 11.6 Å². The molecule has 0 amide bonds. The number of halogens is 2. The smallest absolute Gasteiger partial charge is 0.123 e. The van der Waals surface area contributed by atoms with Gasteiger partial charge >= 0.3 is 0 Å². The molecule has 1 aromatic carbocycles. The van der Waals surface area contributed by atoms with E-state index in [2.05, 4.69) is 18.3 Å². The second kappa shape index (κ2) is 6.51. The fraction of sp³-hybridized carbons (Fsp3) is 0.333. The Kier molecular flexibility index (Phi) is 4.97. The third-order valence-corrected chi connectivity index (χ3v) is 4.46. The van der Waals surface area contributed by atoms with E-state index in [0.717, 1.165) is 28.4 Å². The van der Waals surface area contributed by atoms with Gasteiger partial charge in [0.05, 0.1) is 4.34 Å². The summed E-state index contributed by atoms with van der Waals surface area (Å²) in [5.74, 6) is -0.180. The first-order chi connectivity index (χ1) is 9.10. The predicted molar refractivity (Wildman–Crippen MR) is 80.6 cm³/mol. The summed E-state index contributed by atoms with van der Waals surface area (Å²) in [4.78, 5) is 1.22. The predicted octanol–water partition coefficient (Wildman–Crippen LogP) is 4.74. The number of rotatable bonds is 5. The molecule has 1 unspecified atom stereocenters. The van der Waals surface area contributed by atoms with Crippen molar-refractivity contribution in [2.45, 2.75) is 26.3 Å². The van der Waals surface area contributed by atoms with Crippen molar-refractivity contribution in [3.05, 3.63) is 56.5 Å². The average molecular weight is 298 g/mol. The summed E-state index contributed by atoms with van der Waals surface area (Å²) in [6, 6.07) is 9.17. The van der Waals surface area contributed by atoms with Crippen LogP contribution in [0.5, 0.6) is 0 Å². The lowest BCUT2D eigenvalue weighted by molar-refractivity contribution is 0.555. The Morgan fingerprint density at radius 3 is 2.68 bits per heavy atom. The van der Waals surface area contributed by atoms with Crippen molar-refractivity contribution in [1.29, 1.82) is 0 Å². The normalized spacial score (nSPS) is 12.6. The van der Waals surface area contributed by atoms with Gasteiger partial charge in [-0.25, -0.2) is 4.39 Å². The van der Waals surface area contributed by atoms with Crippen LogP contribution in [-0.4, -0.2) is 6.54 Å². The fourth-order valence-corrected chi connectivity index (χ4v) is 3.28. The monoisotopic (exact) mass is 297 g/mol. The van der Waals surface area contributed by atoms with E-state index < -0.39 is 0 Å². The Morgan fingerprint density at radius 1 is 1.32 bits per heavy atom.